The van der Waals surface area contributed by atoms with Gasteiger partial charge in [-0.2, -0.15) is 11.8 Å². The van der Waals surface area contributed by atoms with Gasteiger partial charge < -0.3 is 0 Å². The molecule has 0 aromatic carbocycles. The third-order valence-corrected chi connectivity index (χ3v) is 5.17. The molecule has 0 spiro atoms. The van der Waals surface area contributed by atoms with E-state index in [9.17, 15) is 0 Å². The first-order chi connectivity index (χ1) is 7.90. The van der Waals surface area contributed by atoms with Crippen LogP contribution in [0.5, 0.6) is 0 Å². The molecule has 0 unspecified atom stereocenters. The molecule has 0 N–H and O–H groups in total. The van der Waals surface area contributed by atoms with Gasteiger partial charge in [-0.3, -0.25) is 0 Å². The molecule has 3 aromatic heterocycles. The van der Waals surface area contributed by atoms with E-state index in [-0.39, 0.29) is 0 Å². The standard InChI is InChI=1S/C12H11NS3/c1-14-5-2-8-11-9(3-6-15-11)13-10-4-7-16-12(8)10/h3-4,6-7H,2,5H2,1H3. The van der Waals surface area contributed by atoms with Crippen LogP contribution in [-0.2, 0) is 6.42 Å². The summed E-state index contributed by atoms with van der Waals surface area (Å²) in [5.41, 5.74) is 3.82. The summed E-state index contributed by atoms with van der Waals surface area (Å²) in [5, 5.41) is 4.29. The van der Waals surface area contributed by atoms with Gasteiger partial charge >= 0.3 is 0 Å². The first kappa shape index (κ1) is 10.6. The van der Waals surface area contributed by atoms with Crippen molar-refractivity contribution in [3.05, 3.63) is 28.5 Å². The van der Waals surface area contributed by atoms with Crippen molar-refractivity contribution in [1.82, 2.24) is 4.98 Å². The van der Waals surface area contributed by atoms with E-state index in [1.165, 1.54) is 20.7 Å². The number of hydrogen-bond acceptors (Lipinski definition) is 4. The van der Waals surface area contributed by atoms with Crippen LogP contribution in [0.2, 0.25) is 0 Å². The Morgan fingerprint density at radius 1 is 1.12 bits per heavy atom. The molecule has 82 valence electrons. The van der Waals surface area contributed by atoms with Gasteiger partial charge in [0.1, 0.15) is 0 Å². The van der Waals surface area contributed by atoms with Gasteiger partial charge in [-0.15, -0.1) is 22.7 Å². The Labute approximate surface area is 107 Å². The summed E-state index contributed by atoms with van der Waals surface area (Å²) in [5.74, 6) is 1.18. The van der Waals surface area contributed by atoms with Gasteiger partial charge in [-0.1, -0.05) is 0 Å². The molecule has 0 aliphatic rings. The summed E-state index contributed by atoms with van der Waals surface area (Å²) in [6, 6.07) is 4.25. The maximum atomic E-state index is 4.68. The molecule has 0 fully saturated rings. The highest BCUT2D eigenvalue weighted by atomic mass is 32.2. The van der Waals surface area contributed by atoms with Crippen molar-refractivity contribution in [2.75, 3.05) is 12.0 Å². The zero-order chi connectivity index (χ0) is 11.0. The number of rotatable bonds is 3. The molecule has 1 nitrogen and oxygen atoms in total. The predicted octanol–water partition coefficient (Wildman–Crippen LogP) is 4.42. The topological polar surface area (TPSA) is 12.9 Å². The Morgan fingerprint density at radius 3 is 2.31 bits per heavy atom. The second-order valence-electron chi connectivity index (χ2n) is 3.60. The van der Waals surface area contributed by atoms with Gasteiger partial charge in [0.2, 0.25) is 0 Å². The smallest absolute Gasteiger partial charge is 0.0820 e. The number of hydrogen-bond donors (Lipinski definition) is 0. The average molecular weight is 265 g/mol. The van der Waals surface area contributed by atoms with E-state index in [4.69, 9.17) is 0 Å². The van der Waals surface area contributed by atoms with E-state index in [1.807, 2.05) is 34.4 Å². The maximum Gasteiger partial charge on any atom is 0.0820 e. The molecule has 4 heteroatoms. The number of thioether (sulfide) groups is 1. The third-order valence-electron chi connectivity index (χ3n) is 2.63. The van der Waals surface area contributed by atoms with E-state index in [2.05, 4.69) is 34.1 Å². The van der Waals surface area contributed by atoms with E-state index < -0.39 is 0 Å². The van der Waals surface area contributed by atoms with Gasteiger partial charge in [0, 0.05) is 0 Å². The van der Waals surface area contributed by atoms with Gasteiger partial charge in [0.05, 0.1) is 20.4 Å². The Morgan fingerprint density at radius 2 is 1.75 bits per heavy atom. The van der Waals surface area contributed by atoms with Crippen LogP contribution < -0.4 is 0 Å². The molecule has 0 saturated heterocycles. The van der Waals surface area contributed by atoms with Crippen molar-refractivity contribution in [3.8, 4) is 0 Å². The summed E-state index contributed by atoms with van der Waals surface area (Å²) in [6.07, 6.45) is 3.32. The first-order valence-corrected chi connectivity index (χ1v) is 8.27. The van der Waals surface area contributed by atoms with Crippen LogP contribution in [0.4, 0.5) is 0 Å². The van der Waals surface area contributed by atoms with Gasteiger partial charge in [-0.05, 0) is 46.9 Å². The molecule has 3 rings (SSSR count). The lowest BCUT2D eigenvalue weighted by Crippen LogP contribution is -1.90. The highest BCUT2D eigenvalue weighted by molar-refractivity contribution is 7.98. The quantitative estimate of drug-likeness (QED) is 0.695. The zero-order valence-electron chi connectivity index (χ0n) is 8.90. The molecule has 3 aromatic rings. The lowest BCUT2D eigenvalue weighted by molar-refractivity contribution is 1.20. The number of fused-ring (bicyclic) bond motifs is 2. The van der Waals surface area contributed by atoms with Crippen LogP contribution in [0.15, 0.2) is 22.9 Å². The molecule has 16 heavy (non-hydrogen) atoms. The van der Waals surface area contributed by atoms with Crippen LogP contribution in [0.3, 0.4) is 0 Å². The van der Waals surface area contributed by atoms with Crippen molar-refractivity contribution >= 4 is 54.9 Å². The van der Waals surface area contributed by atoms with Crippen LogP contribution >= 0.6 is 34.4 Å². The van der Waals surface area contributed by atoms with Crippen LogP contribution in [0.1, 0.15) is 5.56 Å². The Kier molecular flexibility index (Phi) is 2.88. The monoisotopic (exact) mass is 265 g/mol. The maximum absolute atomic E-state index is 4.68. The number of pyridine rings is 1. The van der Waals surface area contributed by atoms with Crippen molar-refractivity contribution in [3.63, 3.8) is 0 Å². The Bertz CT molecular complexity index is 575. The van der Waals surface area contributed by atoms with Gasteiger partial charge in [0.15, 0.2) is 0 Å². The van der Waals surface area contributed by atoms with Gasteiger partial charge in [-0.25, -0.2) is 4.98 Å². The number of aryl methyl sites for hydroxylation is 1. The van der Waals surface area contributed by atoms with E-state index in [0.29, 0.717) is 0 Å². The second kappa shape index (κ2) is 4.35. The highest BCUT2D eigenvalue weighted by Gasteiger charge is 2.10. The summed E-state index contributed by atoms with van der Waals surface area (Å²) >= 11 is 5.54. The Balaban J connectivity index is 2.29. The summed E-state index contributed by atoms with van der Waals surface area (Å²) in [4.78, 5) is 4.68. The summed E-state index contributed by atoms with van der Waals surface area (Å²) in [7, 11) is 0. The Hall–Kier alpha value is -0.580. The lowest BCUT2D eigenvalue weighted by Gasteiger charge is -2.03. The molecular formula is C12H11NS3. The normalized spacial score (nSPS) is 11.6. The second-order valence-corrected chi connectivity index (χ2v) is 6.42. The largest absolute Gasteiger partial charge is 0.246 e. The molecule has 0 saturated carbocycles. The van der Waals surface area contributed by atoms with Crippen LogP contribution in [0, 0.1) is 0 Å². The first-order valence-electron chi connectivity index (χ1n) is 5.12. The molecule has 0 atom stereocenters. The van der Waals surface area contributed by atoms with Crippen LogP contribution in [0.25, 0.3) is 20.4 Å². The molecule has 0 radical (unpaired) electrons. The lowest BCUT2D eigenvalue weighted by atomic mass is 10.2. The van der Waals surface area contributed by atoms with Crippen LogP contribution in [-0.4, -0.2) is 17.0 Å². The highest BCUT2D eigenvalue weighted by Crippen LogP contribution is 2.33. The minimum Gasteiger partial charge on any atom is -0.246 e. The van der Waals surface area contributed by atoms with Crippen molar-refractivity contribution in [2.24, 2.45) is 0 Å². The SMILES string of the molecule is CSCCc1c2sccc2nc2ccsc12. The minimum atomic E-state index is 1.15. The molecule has 0 aliphatic carbocycles. The van der Waals surface area contributed by atoms with Crippen molar-refractivity contribution < 1.29 is 0 Å². The fourth-order valence-corrected chi connectivity index (χ4v) is 4.20. The van der Waals surface area contributed by atoms with Crippen molar-refractivity contribution in [2.45, 2.75) is 6.42 Å². The van der Waals surface area contributed by atoms with Crippen molar-refractivity contribution in [1.29, 1.82) is 0 Å². The molecule has 3 heterocycles. The fraction of sp³-hybridized carbons (Fsp3) is 0.250. The molecule has 0 bridgehead atoms. The summed E-state index contributed by atoms with van der Waals surface area (Å²) in [6.45, 7) is 0. The molecule has 0 aliphatic heterocycles. The fourth-order valence-electron chi connectivity index (χ4n) is 1.90. The number of aromatic nitrogens is 1. The van der Waals surface area contributed by atoms with E-state index >= 15 is 0 Å². The predicted molar refractivity (Wildman–Crippen MR) is 77.1 cm³/mol. The molecule has 0 amide bonds. The average Bonchev–Trinajstić information content (AvgIpc) is 2.91. The van der Waals surface area contributed by atoms with Gasteiger partial charge in [0.25, 0.3) is 0 Å². The third kappa shape index (κ3) is 1.65. The van der Waals surface area contributed by atoms with E-state index in [1.54, 1.807) is 0 Å². The van der Waals surface area contributed by atoms with E-state index in [0.717, 1.165) is 17.5 Å². The minimum absolute atomic E-state index is 1.15. The number of nitrogens with zero attached hydrogens (tertiary/aromatic N) is 1. The molecular weight excluding hydrogens is 254 g/mol. The number of thiophene rings is 2. The zero-order valence-corrected chi connectivity index (χ0v) is 11.3. The summed E-state index contributed by atoms with van der Waals surface area (Å²) < 4.78 is 2.76.